The van der Waals surface area contributed by atoms with Gasteiger partial charge < -0.3 is 24.5 Å². The molecule has 0 bridgehead atoms. The van der Waals surface area contributed by atoms with E-state index < -0.39 is 12.1 Å². The molecule has 0 unspecified atom stereocenters. The number of carbonyl (C=O) groups excluding carboxylic acids is 2. The summed E-state index contributed by atoms with van der Waals surface area (Å²) in [5, 5.41) is 14.8. The van der Waals surface area contributed by atoms with Crippen LogP contribution in [0.4, 0.5) is 4.79 Å². The number of piperidine rings is 2. The van der Waals surface area contributed by atoms with Crippen molar-refractivity contribution in [1.29, 1.82) is 0 Å². The van der Waals surface area contributed by atoms with E-state index >= 15 is 0 Å². The van der Waals surface area contributed by atoms with Crippen LogP contribution in [-0.2, 0) is 29.1 Å². The van der Waals surface area contributed by atoms with Gasteiger partial charge in [-0.2, -0.15) is 4.79 Å². The molecule has 226 valence electrons. The lowest BCUT2D eigenvalue weighted by Crippen LogP contribution is -2.65. The average molecular weight is 588 g/mol. The molecule has 1 atom stereocenters. The van der Waals surface area contributed by atoms with Crippen LogP contribution in [0.3, 0.4) is 0 Å². The number of fused-ring (bicyclic) bond motifs is 5. The first-order chi connectivity index (χ1) is 20.8. The number of esters is 1. The van der Waals surface area contributed by atoms with Crippen molar-refractivity contribution in [3.8, 4) is 17.1 Å². The van der Waals surface area contributed by atoms with Crippen molar-refractivity contribution < 1.29 is 28.7 Å². The lowest BCUT2D eigenvalue weighted by atomic mass is 9.89. The zero-order valence-corrected chi connectivity index (χ0v) is 24.9. The number of quaternary nitrogens is 1. The lowest BCUT2D eigenvalue weighted by Gasteiger charge is -2.46. The average Bonchev–Trinajstić information content (AvgIpc) is 3.40. The number of rotatable bonds is 4. The minimum Gasteiger partial charge on any atom is -0.458 e. The summed E-state index contributed by atoms with van der Waals surface area (Å²) in [6, 6.07) is 7.58. The molecule has 1 amide bonds. The van der Waals surface area contributed by atoms with Crippen molar-refractivity contribution in [3.05, 3.63) is 56.9 Å². The molecule has 7 rings (SSSR count). The van der Waals surface area contributed by atoms with E-state index in [0.717, 1.165) is 80.3 Å². The molecule has 10 nitrogen and oxygen atoms in total. The van der Waals surface area contributed by atoms with E-state index in [4.69, 9.17) is 14.5 Å². The quantitative estimate of drug-likeness (QED) is 0.272. The van der Waals surface area contributed by atoms with E-state index in [0.29, 0.717) is 46.1 Å². The number of aryl methyl sites for hydroxylation is 1. The second-order valence-corrected chi connectivity index (χ2v) is 12.5. The number of pyridine rings is 2. The van der Waals surface area contributed by atoms with Gasteiger partial charge in [-0.3, -0.25) is 4.79 Å². The molecule has 2 N–H and O–H groups in total. The molecule has 0 radical (unpaired) electrons. The minimum atomic E-state index is -1.49. The molecule has 4 aliphatic heterocycles. The van der Waals surface area contributed by atoms with Gasteiger partial charge in [-0.1, -0.05) is 20.3 Å². The number of ether oxygens (including phenoxy) is 2. The van der Waals surface area contributed by atoms with Crippen LogP contribution in [0.15, 0.2) is 29.1 Å². The van der Waals surface area contributed by atoms with Gasteiger partial charge in [-0.05, 0) is 42.2 Å². The number of likely N-dealkylation sites (tertiary alicyclic amines) is 1. The van der Waals surface area contributed by atoms with Crippen LogP contribution in [0.1, 0.15) is 74.3 Å². The maximum Gasteiger partial charge on any atom is 0.521 e. The Bertz CT molecular complexity index is 1680. The number of nitrogens with one attached hydrogen (secondary N) is 1. The van der Waals surface area contributed by atoms with Gasteiger partial charge in [-0.25, -0.2) is 14.3 Å². The smallest absolute Gasteiger partial charge is 0.458 e. The topological polar surface area (TPSA) is 120 Å². The predicted molar refractivity (Wildman–Crippen MR) is 160 cm³/mol. The Kier molecular flexibility index (Phi) is 7.10. The monoisotopic (exact) mass is 587 g/mol. The minimum absolute atomic E-state index is 0.151. The Balaban J connectivity index is 1.24. The highest BCUT2D eigenvalue weighted by Gasteiger charge is 2.48. The van der Waals surface area contributed by atoms with E-state index in [1.165, 1.54) is 0 Å². The van der Waals surface area contributed by atoms with Crippen molar-refractivity contribution in [2.45, 2.75) is 77.7 Å². The number of amides is 1. The predicted octanol–water partition coefficient (Wildman–Crippen LogP) is 3.97. The van der Waals surface area contributed by atoms with Crippen LogP contribution in [0.2, 0.25) is 0 Å². The molecule has 2 saturated heterocycles. The van der Waals surface area contributed by atoms with Crippen LogP contribution in [0.25, 0.3) is 22.3 Å². The van der Waals surface area contributed by atoms with E-state index in [1.54, 1.807) is 10.6 Å². The molecular formula is C33H39N4O6+. The summed E-state index contributed by atoms with van der Waals surface area (Å²) in [6.07, 6.45) is 4.23. The number of aromatic nitrogens is 2. The molecule has 0 spiro atoms. The molecule has 1 aromatic carbocycles. The standard InChI is InChI=1S/C33H39N4O6/c1-3-19-9-13-37(14-10-19,20-7-11-34-12-8-20)33(41)43-21-5-6-27-23(15-21)22(4-2)25-17-36-28(29(25)35-27)16-24-26(31(36)39)18-42-32(40)30(24)38/h5-6,15-16,19-20,30,34,38H,3-4,7-14,17-18H2,1-2H3/q+1/t19?,30-,37?/m0/s1. The number of cyclic esters (lactones) is 1. The van der Waals surface area contributed by atoms with Gasteiger partial charge in [0.2, 0.25) is 0 Å². The fraction of sp³-hybridized carbons (Fsp3) is 0.515. The number of aliphatic hydroxyl groups is 1. The van der Waals surface area contributed by atoms with E-state index in [1.807, 2.05) is 18.2 Å². The zero-order valence-electron chi connectivity index (χ0n) is 24.9. The number of benzene rings is 1. The summed E-state index contributed by atoms with van der Waals surface area (Å²) >= 11 is 0. The second kappa shape index (κ2) is 10.8. The van der Waals surface area contributed by atoms with E-state index in [-0.39, 0.29) is 29.9 Å². The molecule has 0 saturated carbocycles. The molecule has 6 heterocycles. The Morgan fingerprint density at radius 3 is 2.60 bits per heavy atom. The Labute approximate surface area is 250 Å². The third-order valence-corrected chi connectivity index (χ3v) is 10.4. The zero-order chi connectivity index (χ0) is 29.9. The molecule has 2 fully saturated rings. The van der Waals surface area contributed by atoms with Crippen molar-refractivity contribution in [1.82, 2.24) is 14.9 Å². The second-order valence-electron chi connectivity index (χ2n) is 12.5. The van der Waals surface area contributed by atoms with Crippen LogP contribution in [-0.4, -0.2) is 63.4 Å². The van der Waals surface area contributed by atoms with Crippen LogP contribution < -0.4 is 15.6 Å². The fourth-order valence-electron chi connectivity index (χ4n) is 7.83. The SMILES string of the molecule is CCc1c2c(nc3ccc(OC(=O)[N+]4(C5CCNCC5)CCC(CC)CC4)cc13)-c1cc3c(c(=O)n1C2)COC(=O)[C@H]3O. The first-order valence-corrected chi connectivity index (χ1v) is 15.7. The van der Waals surface area contributed by atoms with Crippen molar-refractivity contribution in [2.75, 3.05) is 26.2 Å². The molecule has 4 aliphatic rings. The van der Waals surface area contributed by atoms with Gasteiger partial charge in [-0.15, -0.1) is 0 Å². The Hall–Kier alpha value is -3.60. The molecule has 3 aromatic rings. The van der Waals surface area contributed by atoms with Gasteiger partial charge >= 0.3 is 12.1 Å². The van der Waals surface area contributed by atoms with Crippen LogP contribution >= 0.6 is 0 Å². The highest BCUT2D eigenvalue weighted by molar-refractivity contribution is 5.90. The molecule has 10 heteroatoms. The summed E-state index contributed by atoms with van der Waals surface area (Å²) in [4.78, 5) is 44.4. The number of carbonyl (C=O) groups is 2. The maximum absolute atomic E-state index is 14.0. The van der Waals surface area contributed by atoms with Crippen molar-refractivity contribution in [3.63, 3.8) is 0 Å². The Morgan fingerprint density at radius 2 is 1.88 bits per heavy atom. The van der Waals surface area contributed by atoms with Gasteiger partial charge in [0, 0.05) is 55.3 Å². The van der Waals surface area contributed by atoms with E-state index in [9.17, 15) is 19.5 Å². The molecule has 43 heavy (non-hydrogen) atoms. The summed E-state index contributed by atoms with van der Waals surface area (Å²) in [7, 11) is 0. The molecule has 2 aromatic heterocycles. The highest BCUT2D eigenvalue weighted by atomic mass is 16.6. The normalized spacial score (nSPS) is 25.1. The van der Waals surface area contributed by atoms with Crippen LogP contribution in [0, 0.1) is 5.92 Å². The lowest BCUT2D eigenvalue weighted by molar-refractivity contribution is -0.888. The molecule has 0 aliphatic carbocycles. The maximum atomic E-state index is 14.0. The highest BCUT2D eigenvalue weighted by Crippen LogP contribution is 2.39. The van der Waals surface area contributed by atoms with Gasteiger partial charge in [0.1, 0.15) is 18.4 Å². The first kappa shape index (κ1) is 28.2. The number of nitrogens with zero attached hydrogens (tertiary/aromatic N) is 3. The largest absolute Gasteiger partial charge is 0.521 e. The van der Waals surface area contributed by atoms with E-state index in [2.05, 4.69) is 19.2 Å². The third kappa shape index (κ3) is 4.49. The van der Waals surface area contributed by atoms with Crippen LogP contribution in [0.5, 0.6) is 5.75 Å². The first-order valence-electron chi connectivity index (χ1n) is 15.7. The van der Waals surface area contributed by atoms with Gasteiger partial charge in [0.25, 0.3) is 5.56 Å². The number of aliphatic hydroxyl groups excluding tert-OH is 1. The third-order valence-electron chi connectivity index (χ3n) is 10.4. The summed E-state index contributed by atoms with van der Waals surface area (Å²) in [5.41, 5.74) is 4.28. The number of hydrogen-bond donors (Lipinski definition) is 2. The molecular weight excluding hydrogens is 548 g/mol. The Morgan fingerprint density at radius 1 is 1.12 bits per heavy atom. The van der Waals surface area contributed by atoms with Gasteiger partial charge in [0.15, 0.2) is 6.10 Å². The van der Waals surface area contributed by atoms with Gasteiger partial charge in [0.05, 0.1) is 42.1 Å². The number of hydrogen-bond acceptors (Lipinski definition) is 8. The summed E-state index contributed by atoms with van der Waals surface area (Å²) in [6.45, 7) is 8.00. The van der Waals surface area contributed by atoms with Crippen molar-refractivity contribution >= 4 is 23.0 Å². The summed E-state index contributed by atoms with van der Waals surface area (Å²) in [5.74, 6) is 0.428. The van der Waals surface area contributed by atoms with Crippen molar-refractivity contribution in [2.24, 2.45) is 5.92 Å². The fourth-order valence-corrected chi connectivity index (χ4v) is 7.83. The summed E-state index contributed by atoms with van der Waals surface area (Å²) < 4.78 is 13.3.